The van der Waals surface area contributed by atoms with E-state index in [2.05, 4.69) is 28.7 Å². The van der Waals surface area contributed by atoms with E-state index in [9.17, 15) is 4.79 Å². The van der Waals surface area contributed by atoms with Gasteiger partial charge in [-0.2, -0.15) is 0 Å². The first-order valence-corrected chi connectivity index (χ1v) is 8.58. The van der Waals surface area contributed by atoms with Crippen molar-refractivity contribution in [3.63, 3.8) is 0 Å². The maximum Gasteiger partial charge on any atom is 0.317 e. The lowest BCUT2D eigenvalue weighted by atomic mass is 9.89. The summed E-state index contributed by atoms with van der Waals surface area (Å²) in [6.45, 7) is 4.30. The molecule has 0 spiro atoms. The molecule has 3 rings (SSSR count). The second-order valence-electron chi connectivity index (χ2n) is 6.69. The lowest BCUT2D eigenvalue weighted by Crippen LogP contribution is -2.38. The zero-order chi connectivity index (χ0) is 17.1. The second-order valence-corrected chi connectivity index (χ2v) is 6.69. The molecule has 2 amide bonds. The van der Waals surface area contributed by atoms with Gasteiger partial charge in [0.15, 0.2) is 0 Å². The van der Waals surface area contributed by atoms with Gasteiger partial charge in [-0.1, -0.05) is 23.4 Å². The molecule has 1 atom stereocenters. The fourth-order valence-corrected chi connectivity index (χ4v) is 3.21. The van der Waals surface area contributed by atoms with Crippen LogP contribution in [0.25, 0.3) is 0 Å². The van der Waals surface area contributed by atoms with E-state index in [4.69, 9.17) is 4.52 Å². The molecule has 5 nitrogen and oxygen atoms in total. The summed E-state index contributed by atoms with van der Waals surface area (Å²) in [5.74, 6) is 0.751. The van der Waals surface area contributed by atoms with Crippen molar-refractivity contribution < 1.29 is 9.32 Å². The Bertz CT molecular complexity index is 723. The van der Waals surface area contributed by atoms with E-state index >= 15 is 0 Å². The third kappa shape index (κ3) is 3.78. The monoisotopic (exact) mass is 327 g/mol. The van der Waals surface area contributed by atoms with Gasteiger partial charge in [0.1, 0.15) is 11.5 Å². The molecule has 0 radical (unpaired) electrons. The van der Waals surface area contributed by atoms with Crippen LogP contribution >= 0.6 is 0 Å². The van der Waals surface area contributed by atoms with E-state index in [0.717, 1.165) is 23.4 Å². The van der Waals surface area contributed by atoms with E-state index in [0.29, 0.717) is 6.54 Å². The fraction of sp³-hybridized carbons (Fsp3) is 0.474. The first-order chi connectivity index (χ1) is 11.5. The van der Waals surface area contributed by atoms with Crippen LogP contribution in [0.1, 0.15) is 54.0 Å². The summed E-state index contributed by atoms with van der Waals surface area (Å²) in [4.78, 5) is 14.0. The molecule has 24 heavy (non-hydrogen) atoms. The Labute approximate surface area is 143 Å². The van der Waals surface area contributed by atoms with Gasteiger partial charge in [-0.05, 0) is 56.2 Å². The molecule has 0 saturated carbocycles. The van der Waals surface area contributed by atoms with Crippen LogP contribution < -0.4 is 5.32 Å². The number of carbonyl (C=O) groups excluding carboxylic acids is 1. The van der Waals surface area contributed by atoms with Crippen molar-refractivity contribution in [2.75, 3.05) is 7.05 Å². The molecule has 1 aromatic heterocycles. The van der Waals surface area contributed by atoms with Crippen LogP contribution in [0.5, 0.6) is 0 Å². The van der Waals surface area contributed by atoms with Crippen molar-refractivity contribution in [2.45, 2.75) is 52.1 Å². The van der Waals surface area contributed by atoms with Crippen LogP contribution in [0, 0.1) is 6.92 Å². The normalized spacial score (nSPS) is 14.8. The van der Waals surface area contributed by atoms with Gasteiger partial charge < -0.3 is 14.7 Å². The summed E-state index contributed by atoms with van der Waals surface area (Å²) in [7, 11) is 1.76. The highest BCUT2D eigenvalue weighted by molar-refractivity contribution is 5.74. The molecule has 1 aliphatic carbocycles. The zero-order valence-corrected chi connectivity index (χ0v) is 14.6. The van der Waals surface area contributed by atoms with Gasteiger partial charge in [-0.25, -0.2) is 4.79 Å². The highest BCUT2D eigenvalue weighted by atomic mass is 16.5. The number of hydrogen-bond acceptors (Lipinski definition) is 3. The molecule has 1 aromatic carbocycles. The predicted molar refractivity (Wildman–Crippen MR) is 92.7 cm³/mol. The number of fused-ring (bicyclic) bond motifs is 1. The number of benzene rings is 1. The van der Waals surface area contributed by atoms with Crippen LogP contribution in [0.15, 0.2) is 28.8 Å². The van der Waals surface area contributed by atoms with Crippen molar-refractivity contribution >= 4 is 6.03 Å². The molecule has 5 heteroatoms. The third-order valence-corrected chi connectivity index (χ3v) is 4.64. The molecule has 1 heterocycles. The van der Waals surface area contributed by atoms with Crippen molar-refractivity contribution in [1.82, 2.24) is 15.4 Å². The lowest BCUT2D eigenvalue weighted by Gasteiger charge is -2.23. The van der Waals surface area contributed by atoms with Crippen molar-refractivity contribution in [2.24, 2.45) is 0 Å². The van der Waals surface area contributed by atoms with Crippen LogP contribution in [-0.4, -0.2) is 23.1 Å². The average Bonchev–Trinajstić information content (AvgIpc) is 2.99. The summed E-state index contributed by atoms with van der Waals surface area (Å²) in [6, 6.07) is 8.31. The average molecular weight is 327 g/mol. The van der Waals surface area contributed by atoms with Gasteiger partial charge in [0, 0.05) is 13.1 Å². The molecule has 1 unspecified atom stereocenters. The third-order valence-electron chi connectivity index (χ3n) is 4.64. The Morgan fingerprint density at radius 2 is 2.04 bits per heavy atom. The summed E-state index contributed by atoms with van der Waals surface area (Å²) in [5, 5.41) is 6.99. The molecular weight excluding hydrogens is 302 g/mol. The Kier molecular flexibility index (Phi) is 4.88. The van der Waals surface area contributed by atoms with Gasteiger partial charge in [0.2, 0.25) is 0 Å². The molecule has 0 saturated heterocycles. The first kappa shape index (κ1) is 16.6. The second kappa shape index (κ2) is 7.07. The van der Waals surface area contributed by atoms with Crippen molar-refractivity contribution in [3.05, 3.63) is 52.4 Å². The van der Waals surface area contributed by atoms with Crippen molar-refractivity contribution in [3.8, 4) is 0 Å². The summed E-state index contributed by atoms with van der Waals surface area (Å²) in [5.41, 5.74) is 4.81. The largest absolute Gasteiger partial charge is 0.361 e. The van der Waals surface area contributed by atoms with E-state index in [-0.39, 0.29) is 12.1 Å². The van der Waals surface area contributed by atoms with Gasteiger partial charge in [0.05, 0.1) is 12.6 Å². The van der Waals surface area contributed by atoms with E-state index in [1.165, 1.54) is 30.4 Å². The minimum absolute atomic E-state index is 0.0220. The van der Waals surface area contributed by atoms with Crippen LogP contribution in [0.2, 0.25) is 0 Å². The summed E-state index contributed by atoms with van der Waals surface area (Å²) in [6.07, 6.45) is 4.87. The number of nitrogens with zero attached hydrogens (tertiary/aromatic N) is 2. The molecule has 0 aliphatic heterocycles. The fourth-order valence-electron chi connectivity index (χ4n) is 3.21. The number of hydrogen-bond donors (Lipinski definition) is 1. The Hall–Kier alpha value is -2.30. The molecule has 1 N–H and O–H groups in total. The number of aromatic nitrogens is 1. The number of amides is 2. The zero-order valence-electron chi connectivity index (χ0n) is 14.6. The molecular formula is C19H25N3O2. The van der Waals surface area contributed by atoms with Gasteiger partial charge in [-0.15, -0.1) is 0 Å². The smallest absolute Gasteiger partial charge is 0.317 e. The molecule has 0 fully saturated rings. The lowest BCUT2D eigenvalue weighted by molar-refractivity contribution is 0.202. The number of carbonyl (C=O) groups is 1. The molecule has 128 valence electrons. The Morgan fingerprint density at radius 1 is 1.29 bits per heavy atom. The van der Waals surface area contributed by atoms with Gasteiger partial charge in [0.25, 0.3) is 0 Å². The quantitative estimate of drug-likeness (QED) is 0.930. The number of aryl methyl sites for hydroxylation is 3. The number of urea groups is 1. The van der Waals surface area contributed by atoms with Gasteiger partial charge >= 0.3 is 6.03 Å². The van der Waals surface area contributed by atoms with E-state index in [1.54, 1.807) is 11.9 Å². The highest BCUT2D eigenvalue weighted by Crippen LogP contribution is 2.24. The summed E-state index contributed by atoms with van der Waals surface area (Å²) < 4.78 is 5.04. The standard InChI is InChI=1S/C19H25N3O2/c1-13-10-18(21-24-13)12-22(3)19(23)20-14(2)16-9-8-15-6-4-5-7-17(15)11-16/h8-11,14H,4-7,12H2,1-3H3,(H,20,23). The van der Waals surface area contributed by atoms with Crippen LogP contribution in [-0.2, 0) is 19.4 Å². The number of nitrogens with one attached hydrogen (secondary N) is 1. The van der Waals surface area contributed by atoms with E-state index < -0.39 is 0 Å². The predicted octanol–water partition coefficient (Wildman–Crippen LogP) is 3.76. The topological polar surface area (TPSA) is 58.4 Å². The maximum absolute atomic E-state index is 12.4. The molecule has 2 aromatic rings. The first-order valence-electron chi connectivity index (χ1n) is 8.58. The van der Waals surface area contributed by atoms with E-state index in [1.807, 2.05) is 19.9 Å². The Morgan fingerprint density at radius 3 is 2.75 bits per heavy atom. The minimum atomic E-state index is -0.110. The SMILES string of the molecule is Cc1cc(CN(C)C(=O)NC(C)c2ccc3c(c2)CCCC3)no1. The van der Waals surface area contributed by atoms with Crippen molar-refractivity contribution in [1.29, 1.82) is 0 Å². The van der Waals surface area contributed by atoms with Gasteiger partial charge in [-0.3, -0.25) is 0 Å². The maximum atomic E-state index is 12.4. The van der Waals surface area contributed by atoms with Crippen LogP contribution in [0.4, 0.5) is 4.79 Å². The minimum Gasteiger partial charge on any atom is -0.361 e. The van der Waals surface area contributed by atoms with Crippen LogP contribution in [0.3, 0.4) is 0 Å². The molecule has 1 aliphatic rings. The highest BCUT2D eigenvalue weighted by Gasteiger charge is 2.17. The number of rotatable bonds is 4. The Balaban J connectivity index is 1.61. The summed E-state index contributed by atoms with van der Waals surface area (Å²) >= 11 is 0. The molecule has 0 bridgehead atoms.